The average molecular weight is 1090 g/mol. The molecule has 2 fully saturated rings. The van der Waals surface area contributed by atoms with Gasteiger partial charge in [-0.1, -0.05) is 18.2 Å². The molecule has 2 aliphatic rings. The number of nitrogens with one attached hydrogen (secondary N) is 5. The van der Waals surface area contributed by atoms with Gasteiger partial charge in [-0.15, -0.1) is 11.3 Å². The monoisotopic (exact) mass is 1090 g/mol. The number of ether oxygens (including phenoxy) is 4. The van der Waals surface area contributed by atoms with E-state index in [1.165, 1.54) is 54.7 Å². The predicted octanol–water partition coefficient (Wildman–Crippen LogP) is 0.127. The van der Waals surface area contributed by atoms with Gasteiger partial charge in [0.15, 0.2) is 6.29 Å². The smallest absolute Gasteiger partial charge is 0.364 e. The predicted molar refractivity (Wildman–Crippen MR) is 270 cm³/mol. The van der Waals surface area contributed by atoms with Crippen molar-refractivity contribution >= 4 is 76.3 Å². The fourth-order valence-electron chi connectivity index (χ4n) is 7.87. The minimum absolute atomic E-state index is 0.0703. The molecular weight excluding hydrogens is 1030 g/mol. The number of thiophene rings is 1. The van der Waals surface area contributed by atoms with Crippen LogP contribution in [0.2, 0.25) is 0 Å². The van der Waals surface area contributed by atoms with Crippen LogP contribution in [0.25, 0.3) is 10.4 Å². The third-order valence-electron chi connectivity index (χ3n) is 11.6. The van der Waals surface area contributed by atoms with E-state index in [2.05, 4.69) is 26.6 Å². The van der Waals surface area contributed by atoms with E-state index >= 15 is 0 Å². The van der Waals surface area contributed by atoms with Crippen LogP contribution in [0.1, 0.15) is 70.6 Å². The van der Waals surface area contributed by atoms with E-state index in [0.717, 1.165) is 17.4 Å². The summed E-state index contributed by atoms with van der Waals surface area (Å²) in [6.45, 7) is 2.20. The fourth-order valence-corrected chi connectivity index (χ4v) is 10.1. The van der Waals surface area contributed by atoms with Gasteiger partial charge in [0.2, 0.25) is 11.8 Å². The molecule has 2 saturated heterocycles. The molecule has 2 aromatic carbocycles. The van der Waals surface area contributed by atoms with Gasteiger partial charge >= 0.3 is 11.9 Å². The van der Waals surface area contributed by atoms with Gasteiger partial charge in [-0.05, 0) is 77.8 Å². The Labute approximate surface area is 438 Å². The summed E-state index contributed by atoms with van der Waals surface area (Å²) in [6, 6.07) is 14.1. The molecule has 0 aliphatic carbocycles. The van der Waals surface area contributed by atoms with E-state index in [1.54, 1.807) is 35.6 Å². The van der Waals surface area contributed by atoms with Gasteiger partial charge in [0.1, 0.15) is 18.2 Å². The molecule has 10 atom stereocenters. The van der Waals surface area contributed by atoms with Crippen LogP contribution in [0.15, 0.2) is 66.0 Å². The van der Waals surface area contributed by atoms with E-state index in [4.69, 9.17) is 18.9 Å². The zero-order valence-electron chi connectivity index (χ0n) is 40.5. The first-order valence-electron chi connectivity index (χ1n) is 23.5. The summed E-state index contributed by atoms with van der Waals surface area (Å²) in [5.74, 6) is -8.36. The molecule has 0 unspecified atom stereocenters. The first-order chi connectivity index (χ1) is 35.3. The van der Waals surface area contributed by atoms with Gasteiger partial charge < -0.3 is 81.3 Å². The van der Waals surface area contributed by atoms with Gasteiger partial charge in [-0.2, -0.15) is 23.5 Å². The van der Waals surface area contributed by atoms with Crippen LogP contribution in [0.3, 0.4) is 0 Å². The second-order valence-electron chi connectivity index (χ2n) is 17.2. The SMILES string of the molecule is CC(=O)N[C@H]1[C@H]([C@H](O)[C@H](O)CNC(=O)c2ccc(-c3cccs3)cc2)O[C@@](OCCCSCCNC(=O)c2ccc(C(=O)NCCSCCCO[C@]3(C(=O)O)C[C@H](O)[C@@H](NC(C)=O)[C@H](O)O3)cc2)(C(=O)O)C[C@@H]1O. The lowest BCUT2D eigenvalue weighted by molar-refractivity contribution is -0.332. The number of rotatable bonds is 28. The quantitative estimate of drug-likeness (QED) is 0.0430. The molecular formula is C48H63N5O18S3. The van der Waals surface area contributed by atoms with Crippen LogP contribution < -0.4 is 26.6 Å². The van der Waals surface area contributed by atoms with Gasteiger partial charge in [0, 0.05) is 79.4 Å². The number of hydrogen-bond donors (Lipinski definition) is 12. The van der Waals surface area contributed by atoms with Crippen LogP contribution in [0.5, 0.6) is 0 Å². The summed E-state index contributed by atoms with van der Waals surface area (Å²) < 4.78 is 22.2. The molecule has 2 aliphatic heterocycles. The summed E-state index contributed by atoms with van der Waals surface area (Å²) in [5.41, 5.74) is 1.85. The van der Waals surface area contributed by atoms with Gasteiger partial charge in [0.05, 0.1) is 37.6 Å². The number of amides is 5. The minimum Gasteiger partial charge on any atom is -0.477 e. The molecule has 23 nitrogen and oxygen atoms in total. The molecule has 74 heavy (non-hydrogen) atoms. The first-order valence-corrected chi connectivity index (χ1v) is 26.7. The standard InChI is InChI=1S/C48H63N5O18S3/c1-27(54)52-37-33(56)24-47(45(64)65,70-40(37)39(59)35(58)26-51-43(62)32-9-7-29(8-10-32)36-6-3-21-74-36)68-17-4-19-72-22-15-49-41(60)30-11-13-31(14-12-30)42(61)50-16-23-73-20-5-18-69-48(46(66)67)25-34(57)38(44(63)71-48)53-28(2)55/h3,6-14,21,33-35,37-40,44,56-59,63H,4-5,15-20,22-26H2,1-2H3,(H,49,60)(H,50,61)(H,51,62)(H,52,54)(H,53,55)(H,64,65)(H,66,67)/t33-,34-,35+,37+,38+,39+,40+,44+,47+,48+/m0/s1. The molecule has 5 amide bonds. The number of carbonyl (C=O) groups excluding carboxylic acids is 5. The molecule has 5 rings (SSSR count). The van der Waals surface area contributed by atoms with Crippen LogP contribution >= 0.6 is 34.9 Å². The maximum absolute atomic E-state index is 12.9. The highest BCUT2D eigenvalue weighted by Crippen LogP contribution is 2.34. The molecule has 0 radical (unpaired) electrons. The molecule has 406 valence electrons. The minimum atomic E-state index is -2.47. The van der Waals surface area contributed by atoms with Crippen molar-refractivity contribution in [3.05, 3.63) is 82.7 Å². The van der Waals surface area contributed by atoms with Gasteiger partial charge in [-0.3, -0.25) is 24.0 Å². The Morgan fingerprint density at radius 1 is 0.662 bits per heavy atom. The Kier molecular flexibility index (Phi) is 23.1. The first kappa shape index (κ1) is 59.6. The summed E-state index contributed by atoms with van der Waals surface area (Å²) in [7, 11) is 0. The van der Waals surface area contributed by atoms with Crippen molar-refractivity contribution < 1.29 is 88.3 Å². The lowest BCUT2D eigenvalue weighted by Crippen LogP contribution is -2.68. The van der Waals surface area contributed by atoms with E-state index in [0.29, 0.717) is 53.5 Å². The van der Waals surface area contributed by atoms with E-state index in [-0.39, 0.29) is 37.1 Å². The number of aliphatic hydroxyl groups excluding tert-OH is 5. The highest BCUT2D eigenvalue weighted by Gasteiger charge is 2.56. The van der Waals surface area contributed by atoms with Crippen molar-refractivity contribution in [3.63, 3.8) is 0 Å². The number of benzene rings is 2. The topological polar surface area (TPSA) is 358 Å². The highest BCUT2D eigenvalue weighted by molar-refractivity contribution is 7.99. The zero-order valence-corrected chi connectivity index (χ0v) is 43.0. The molecule has 12 N–H and O–H groups in total. The van der Waals surface area contributed by atoms with Crippen molar-refractivity contribution in [3.8, 4) is 10.4 Å². The Morgan fingerprint density at radius 3 is 1.58 bits per heavy atom. The zero-order chi connectivity index (χ0) is 54.0. The molecule has 0 saturated carbocycles. The van der Waals surface area contributed by atoms with E-state index < -0.39 is 110 Å². The number of aliphatic hydroxyl groups is 5. The van der Waals surface area contributed by atoms with Crippen LogP contribution in [-0.4, -0.2) is 194 Å². The third-order valence-corrected chi connectivity index (χ3v) is 14.7. The van der Waals surface area contributed by atoms with Crippen LogP contribution in [-0.2, 0) is 38.1 Å². The second-order valence-corrected chi connectivity index (χ2v) is 20.6. The summed E-state index contributed by atoms with van der Waals surface area (Å²) in [5, 5.41) is 88.5. The number of carbonyl (C=O) groups is 7. The third kappa shape index (κ3) is 16.9. The van der Waals surface area contributed by atoms with Crippen molar-refractivity contribution in [1.82, 2.24) is 26.6 Å². The van der Waals surface area contributed by atoms with Crippen LogP contribution in [0.4, 0.5) is 0 Å². The average Bonchev–Trinajstić information content (AvgIpc) is 3.91. The Hall–Kier alpha value is -5.23. The highest BCUT2D eigenvalue weighted by atomic mass is 32.2. The second kappa shape index (κ2) is 28.6. The number of carboxylic acid groups (broad SMARTS) is 2. The molecule has 0 spiro atoms. The Morgan fingerprint density at radius 2 is 1.12 bits per heavy atom. The van der Waals surface area contributed by atoms with Gasteiger partial charge in [0.25, 0.3) is 29.3 Å². The lowest BCUT2D eigenvalue weighted by Gasteiger charge is -2.46. The molecule has 0 bridgehead atoms. The van der Waals surface area contributed by atoms with Crippen molar-refractivity contribution in [1.29, 1.82) is 0 Å². The maximum Gasteiger partial charge on any atom is 0.364 e. The molecule has 1 aromatic heterocycles. The van der Waals surface area contributed by atoms with Crippen molar-refractivity contribution in [2.24, 2.45) is 0 Å². The maximum atomic E-state index is 12.9. The number of aliphatic carboxylic acids is 2. The summed E-state index contributed by atoms with van der Waals surface area (Å²) in [6.07, 6.45) is -10.6. The van der Waals surface area contributed by atoms with Crippen molar-refractivity contribution in [2.45, 2.75) is 100.0 Å². The molecule has 3 heterocycles. The number of hydrogen-bond acceptors (Lipinski definition) is 19. The van der Waals surface area contributed by atoms with E-state index in [1.807, 2.05) is 17.5 Å². The van der Waals surface area contributed by atoms with Gasteiger partial charge in [-0.25, -0.2) is 9.59 Å². The normalized spacial score (nSPS) is 24.4. The molecule has 26 heteroatoms. The summed E-state index contributed by atoms with van der Waals surface area (Å²) >= 11 is 4.44. The summed E-state index contributed by atoms with van der Waals surface area (Å²) in [4.78, 5) is 87.3. The Bertz CT molecular complexity index is 2340. The number of thioether (sulfide) groups is 2. The van der Waals surface area contributed by atoms with E-state index in [9.17, 15) is 69.3 Å². The Balaban J connectivity index is 0.967. The molecule has 3 aromatic rings. The van der Waals surface area contributed by atoms with Crippen molar-refractivity contribution in [2.75, 3.05) is 55.9 Å². The number of carboxylic acids is 2. The fraction of sp³-hybridized carbons (Fsp3) is 0.521. The van der Waals surface area contributed by atoms with Crippen LogP contribution in [0, 0.1) is 0 Å². The lowest BCUT2D eigenvalue weighted by atomic mass is 9.88. The largest absolute Gasteiger partial charge is 0.477 e.